The Morgan fingerprint density at radius 2 is 1.64 bits per heavy atom. The van der Waals surface area contributed by atoms with Crippen molar-refractivity contribution >= 4 is 15.4 Å². The minimum Gasteiger partial charge on any atom is -0.411 e. The SMILES string of the molecule is CCCC/C(=C/[Si](C)(C)OC(C)C)B1OC(C)(C)C(C)(C)O1. The van der Waals surface area contributed by atoms with Crippen molar-refractivity contribution in [1.82, 2.24) is 0 Å². The molecule has 0 aliphatic carbocycles. The first kappa shape index (κ1) is 19.9. The number of rotatable bonds is 7. The lowest BCUT2D eigenvalue weighted by molar-refractivity contribution is 0.00578. The van der Waals surface area contributed by atoms with Crippen LogP contribution in [0.2, 0.25) is 13.1 Å². The molecule has 1 aliphatic rings. The summed E-state index contributed by atoms with van der Waals surface area (Å²) in [6.45, 7) is 19.3. The molecule has 1 aliphatic heterocycles. The van der Waals surface area contributed by atoms with E-state index in [4.69, 9.17) is 13.7 Å². The largest absolute Gasteiger partial charge is 0.489 e. The number of unbranched alkanes of at least 4 members (excludes halogenated alkanes) is 1. The van der Waals surface area contributed by atoms with E-state index in [2.05, 4.69) is 67.3 Å². The minimum atomic E-state index is -1.86. The second kappa shape index (κ2) is 7.20. The monoisotopic (exact) mass is 326 g/mol. The van der Waals surface area contributed by atoms with E-state index in [9.17, 15) is 0 Å². The molecule has 128 valence electrons. The van der Waals surface area contributed by atoms with Crippen molar-refractivity contribution in [3.63, 3.8) is 0 Å². The van der Waals surface area contributed by atoms with Crippen LogP contribution in [0.4, 0.5) is 0 Å². The second-order valence-electron chi connectivity index (χ2n) is 8.18. The molecule has 0 amide bonds. The van der Waals surface area contributed by atoms with E-state index < -0.39 is 8.32 Å². The fourth-order valence-corrected chi connectivity index (χ4v) is 5.18. The van der Waals surface area contributed by atoms with Crippen molar-refractivity contribution in [2.24, 2.45) is 0 Å². The zero-order valence-electron chi connectivity index (χ0n) is 16.1. The first-order valence-electron chi connectivity index (χ1n) is 8.65. The van der Waals surface area contributed by atoms with Gasteiger partial charge in [0.05, 0.1) is 11.2 Å². The summed E-state index contributed by atoms with van der Waals surface area (Å²) in [5.74, 6) is 0. The smallest absolute Gasteiger partial charge is 0.411 e. The van der Waals surface area contributed by atoms with Gasteiger partial charge in [-0.3, -0.25) is 0 Å². The fourth-order valence-electron chi connectivity index (χ4n) is 2.72. The van der Waals surface area contributed by atoms with Gasteiger partial charge < -0.3 is 13.7 Å². The molecule has 1 fully saturated rings. The van der Waals surface area contributed by atoms with E-state index >= 15 is 0 Å². The Morgan fingerprint density at radius 3 is 2.05 bits per heavy atom. The van der Waals surface area contributed by atoms with E-state index in [-0.39, 0.29) is 24.4 Å². The highest BCUT2D eigenvalue weighted by Gasteiger charge is 2.52. The molecule has 0 atom stereocenters. The molecule has 22 heavy (non-hydrogen) atoms. The molecule has 1 saturated heterocycles. The molecule has 0 radical (unpaired) electrons. The highest BCUT2D eigenvalue weighted by atomic mass is 28.4. The zero-order chi connectivity index (χ0) is 17.2. The highest BCUT2D eigenvalue weighted by Crippen LogP contribution is 2.39. The minimum absolute atomic E-state index is 0.237. The van der Waals surface area contributed by atoms with Gasteiger partial charge in [0, 0.05) is 6.10 Å². The van der Waals surface area contributed by atoms with Crippen LogP contribution in [0.1, 0.15) is 67.7 Å². The van der Waals surface area contributed by atoms with Crippen LogP contribution in [0, 0.1) is 0 Å². The molecule has 1 rings (SSSR count). The Morgan fingerprint density at radius 1 is 1.14 bits per heavy atom. The lowest BCUT2D eigenvalue weighted by atomic mass is 9.76. The van der Waals surface area contributed by atoms with Crippen LogP contribution >= 0.6 is 0 Å². The van der Waals surface area contributed by atoms with E-state index in [1.165, 1.54) is 11.9 Å². The van der Waals surface area contributed by atoms with Gasteiger partial charge in [0.25, 0.3) is 0 Å². The predicted octanol–water partition coefficient (Wildman–Crippen LogP) is 4.90. The van der Waals surface area contributed by atoms with Crippen molar-refractivity contribution in [1.29, 1.82) is 0 Å². The lowest BCUT2D eigenvalue weighted by Gasteiger charge is -2.32. The molecular formula is C17H35BO3Si. The van der Waals surface area contributed by atoms with Gasteiger partial charge in [0.1, 0.15) is 0 Å². The Kier molecular flexibility index (Phi) is 6.53. The normalized spacial score (nSPS) is 21.7. The summed E-state index contributed by atoms with van der Waals surface area (Å²) in [7, 11) is -2.10. The highest BCUT2D eigenvalue weighted by molar-refractivity contribution is 6.78. The average Bonchev–Trinajstić information content (AvgIpc) is 2.52. The Labute approximate surface area is 139 Å². The molecule has 3 nitrogen and oxygen atoms in total. The first-order chi connectivity index (χ1) is 9.90. The Hall–Kier alpha value is -0.0982. The van der Waals surface area contributed by atoms with Crippen LogP contribution in [0.5, 0.6) is 0 Å². The maximum atomic E-state index is 6.25. The zero-order valence-corrected chi connectivity index (χ0v) is 17.1. The van der Waals surface area contributed by atoms with Gasteiger partial charge >= 0.3 is 7.12 Å². The van der Waals surface area contributed by atoms with Crippen molar-refractivity contribution in [2.45, 2.75) is 98.1 Å². The number of hydrogen-bond acceptors (Lipinski definition) is 3. The van der Waals surface area contributed by atoms with Gasteiger partial charge in [0.2, 0.25) is 8.32 Å². The van der Waals surface area contributed by atoms with Crippen LogP contribution in [-0.2, 0) is 13.7 Å². The summed E-state index contributed by atoms with van der Waals surface area (Å²) in [6, 6.07) is 0. The van der Waals surface area contributed by atoms with Crippen molar-refractivity contribution in [2.75, 3.05) is 0 Å². The first-order valence-corrected chi connectivity index (χ1v) is 11.6. The van der Waals surface area contributed by atoms with Crippen molar-refractivity contribution in [3.8, 4) is 0 Å². The van der Waals surface area contributed by atoms with E-state index in [1.807, 2.05) is 0 Å². The quantitative estimate of drug-likeness (QED) is 0.623. The Balaban J connectivity index is 2.99. The van der Waals surface area contributed by atoms with E-state index in [1.54, 1.807) is 0 Å². The summed E-state index contributed by atoms with van der Waals surface area (Å²) in [6.07, 6.45) is 3.60. The topological polar surface area (TPSA) is 27.7 Å². The molecule has 0 aromatic heterocycles. The predicted molar refractivity (Wildman–Crippen MR) is 97.4 cm³/mol. The third-order valence-corrected chi connectivity index (χ3v) is 6.59. The standard InChI is InChI=1S/C17H35BO3Si/c1-10-11-12-15(13-22(8,9)19-14(2)3)18-20-16(4,5)17(6,7)21-18/h13-14H,10-12H2,1-9H3/b15-13-. The Bertz CT molecular complexity index is 387. The summed E-state index contributed by atoms with van der Waals surface area (Å²) >= 11 is 0. The van der Waals surface area contributed by atoms with Crippen LogP contribution in [0.3, 0.4) is 0 Å². The third-order valence-electron chi connectivity index (χ3n) is 4.45. The summed E-state index contributed by atoms with van der Waals surface area (Å²) in [5, 5.41) is 0. The molecule has 0 spiro atoms. The van der Waals surface area contributed by atoms with Crippen LogP contribution in [0.15, 0.2) is 11.2 Å². The van der Waals surface area contributed by atoms with Gasteiger partial charge in [-0.25, -0.2) is 0 Å². The van der Waals surface area contributed by atoms with Gasteiger partial charge in [-0.15, -0.1) is 0 Å². The van der Waals surface area contributed by atoms with Crippen LogP contribution in [-0.4, -0.2) is 32.7 Å². The van der Waals surface area contributed by atoms with Crippen LogP contribution in [0.25, 0.3) is 0 Å². The molecule has 0 saturated carbocycles. The molecule has 0 aromatic carbocycles. The molecule has 5 heteroatoms. The number of hydrogen-bond donors (Lipinski definition) is 0. The van der Waals surface area contributed by atoms with Crippen LogP contribution < -0.4 is 0 Å². The van der Waals surface area contributed by atoms with Gasteiger partial charge in [-0.05, 0) is 66.5 Å². The number of allylic oxidation sites excluding steroid dienone is 1. The van der Waals surface area contributed by atoms with E-state index in [0.29, 0.717) is 0 Å². The molecule has 0 unspecified atom stereocenters. The fraction of sp³-hybridized carbons (Fsp3) is 0.882. The average molecular weight is 326 g/mol. The molecular weight excluding hydrogens is 291 g/mol. The molecule has 0 bridgehead atoms. The molecule has 0 N–H and O–H groups in total. The summed E-state index contributed by atoms with van der Waals surface area (Å²) in [4.78, 5) is 0. The van der Waals surface area contributed by atoms with Crippen molar-refractivity contribution < 1.29 is 13.7 Å². The maximum Gasteiger partial charge on any atom is 0.489 e. The summed E-state index contributed by atoms with van der Waals surface area (Å²) in [5.41, 5.74) is 3.03. The van der Waals surface area contributed by atoms with Gasteiger partial charge in [-0.2, -0.15) is 0 Å². The summed E-state index contributed by atoms with van der Waals surface area (Å²) < 4.78 is 18.7. The molecule has 1 heterocycles. The van der Waals surface area contributed by atoms with Crippen molar-refractivity contribution in [3.05, 3.63) is 11.2 Å². The van der Waals surface area contributed by atoms with E-state index in [0.717, 1.165) is 12.8 Å². The maximum absolute atomic E-state index is 6.25. The lowest BCUT2D eigenvalue weighted by Crippen LogP contribution is -2.41. The van der Waals surface area contributed by atoms with Gasteiger partial charge in [0.15, 0.2) is 0 Å². The third kappa shape index (κ3) is 5.22. The molecule has 0 aromatic rings. The second-order valence-corrected chi connectivity index (χ2v) is 11.9. The van der Waals surface area contributed by atoms with Gasteiger partial charge in [-0.1, -0.05) is 25.5 Å².